The minimum atomic E-state index is -0.0694. The van der Waals surface area contributed by atoms with Crippen LogP contribution in [0.5, 0.6) is 0 Å². The quantitative estimate of drug-likeness (QED) is 0.172. The van der Waals surface area contributed by atoms with E-state index >= 15 is 0 Å². The monoisotopic (exact) mass is 702 g/mol. The number of hydrogen-bond acceptors (Lipinski definition) is 2. The molecule has 260 valence electrons. The van der Waals surface area contributed by atoms with Crippen LogP contribution in [0.15, 0.2) is 194 Å². The molecular weight excluding hydrogens is 665 g/mol. The van der Waals surface area contributed by atoms with Crippen molar-refractivity contribution in [1.82, 2.24) is 9.97 Å². The Morgan fingerprint density at radius 2 is 0.818 bits per heavy atom. The lowest BCUT2D eigenvalue weighted by molar-refractivity contribution is 0.662. The number of nitrogens with zero attached hydrogens (tertiary/aromatic N) is 2. The summed E-state index contributed by atoms with van der Waals surface area (Å²) < 4.78 is 0. The van der Waals surface area contributed by atoms with Gasteiger partial charge in [-0.2, -0.15) is 0 Å². The number of rotatable bonds is 6. The van der Waals surface area contributed by atoms with E-state index in [4.69, 9.17) is 9.97 Å². The Morgan fingerprint density at radius 3 is 1.55 bits per heavy atom. The van der Waals surface area contributed by atoms with E-state index in [2.05, 4.69) is 184 Å². The molecule has 55 heavy (non-hydrogen) atoms. The number of aromatic nitrogens is 2. The van der Waals surface area contributed by atoms with Crippen LogP contribution < -0.4 is 0 Å². The van der Waals surface area contributed by atoms with Crippen molar-refractivity contribution >= 4 is 10.8 Å². The first-order valence-corrected chi connectivity index (χ1v) is 19.0. The maximum Gasteiger partial charge on any atom is 0.160 e. The van der Waals surface area contributed by atoms with Gasteiger partial charge in [-0.1, -0.05) is 202 Å². The summed E-state index contributed by atoms with van der Waals surface area (Å²) in [6.07, 6.45) is 0. The van der Waals surface area contributed by atoms with Crippen LogP contribution in [-0.4, -0.2) is 9.97 Å². The van der Waals surface area contributed by atoms with Crippen molar-refractivity contribution in [3.63, 3.8) is 0 Å². The normalized spacial score (nSPS) is 12.7. The van der Waals surface area contributed by atoms with Gasteiger partial charge in [-0.05, 0) is 72.5 Å². The lowest BCUT2D eigenvalue weighted by Gasteiger charge is -2.24. The van der Waals surface area contributed by atoms with Gasteiger partial charge in [0.15, 0.2) is 5.82 Å². The smallest absolute Gasteiger partial charge is 0.160 e. The van der Waals surface area contributed by atoms with Crippen LogP contribution >= 0.6 is 0 Å². The molecule has 0 unspecified atom stereocenters. The third-order valence-electron chi connectivity index (χ3n) is 11.3. The number of benzene rings is 8. The Bertz CT molecular complexity index is 2850. The summed E-state index contributed by atoms with van der Waals surface area (Å²) in [6, 6.07) is 69.5. The van der Waals surface area contributed by atoms with E-state index in [1.165, 1.54) is 61.0 Å². The third kappa shape index (κ3) is 5.66. The van der Waals surface area contributed by atoms with E-state index in [1.807, 2.05) is 24.3 Å². The Morgan fingerprint density at radius 1 is 0.327 bits per heavy atom. The molecule has 9 aromatic rings. The van der Waals surface area contributed by atoms with Gasteiger partial charge in [-0.15, -0.1) is 0 Å². The highest BCUT2D eigenvalue weighted by Crippen LogP contribution is 2.52. The average Bonchev–Trinajstić information content (AvgIpc) is 3.50. The highest BCUT2D eigenvalue weighted by molar-refractivity contribution is 6.05. The molecule has 0 radical (unpaired) electrons. The van der Waals surface area contributed by atoms with Crippen LogP contribution in [0.2, 0.25) is 0 Å². The lowest BCUT2D eigenvalue weighted by Crippen LogP contribution is -2.16. The first-order chi connectivity index (χ1) is 27.0. The predicted molar refractivity (Wildman–Crippen MR) is 230 cm³/mol. The summed E-state index contributed by atoms with van der Waals surface area (Å²) in [6.45, 7) is 4.71. The molecular formula is C53H38N2. The second kappa shape index (κ2) is 13.2. The summed E-state index contributed by atoms with van der Waals surface area (Å²) in [5.74, 6) is 0.711. The summed E-state index contributed by atoms with van der Waals surface area (Å²) >= 11 is 0. The zero-order valence-electron chi connectivity index (χ0n) is 30.9. The second-order valence-corrected chi connectivity index (χ2v) is 15.0. The Hall–Kier alpha value is -6.90. The molecule has 0 aliphatic heterocycles. The lowest BCUT2D eigenvalue weighted by atomic mass is 9.79. The van der Waals surface area contributed by atoms with E-state index in [0.717, 1.165) is 33.5 Å². The van der Waals surface area contributed by atoms with E-state index in [9.17, 15) is 0 Å². The standard InChI is InChI=1S/C53H38N2/c1-53(2)48-23-12-11-20-45(48)47-22-13-21-42(51(47)53)38-28-26-37(27-29-38)41-32-33-46(44-19-10-9-18-43(41)44)50-34-49(54-52(55-50)40-16-7-4-8-17-40)39-30-24-36(25-31-39)35-14-5-3-6-15-35/h3-34H,1-2H3. The van der Waals surface area contributed by atoms with Crippen LogP contribution in [0.25, 0.3) is 89.2 Å². The van der Waals surface area contributed by atoms with E-state index in [0.29, 0.717) is 5.82 Å². The molecule has 2 heteroatoms. The molecule has 1 aromatic heterocycles. The molecule has 1 heterocycles. The summed E-state index contributed by atoms with van der Waals surface area (Å²) in [7, 11) is 0. The topological polar surface area (TPSA) is 25.8 Å². The maximum absolute atomic E-state index is 5.21. The maximum atomic E-state index is 5.21. The van der Waals surface area contributed by atoms with Gasteiger partial charge in [0.2, 0.25) is 0 Å². The molecule has 10 rings (SSSR count). The van der Waals surface area contributed by atoms with Gasteiger partial charge in [0.05, 0.1) is 11.4 Å². The fourth-order valence-electron chi connectivity index (χ4n) is 8.61. The fraction of sp³-hybridized carbons (Fsp3) is 0.0566. The molecule has 0 fully saturated rings. The zero-order chi connectivity index (χ0) is 36.9. The summed E-state index contributed by atoms with van der Waals surface area (Å²) in [5, 5.41) is 2.35. The molecule has 0 saturated heterocycles. The first kappa shape index (κ1) is 32.7. The van der Waals surface area contributed by atoms with E-state index in [-0.39, 0.29) is 5.41 Å². The van der Waals surface area contributed by atoms with Crippen molar-refractivity contribution in [2.75, 3.05) is 0 Å². The SMILES string of the molecule is CC1(C)c2ccccc2-c2cccc(-c3ccc(-c4ccc(-c5cc(-c6ccc(-c7ccccc7)cc6)nc(-c6ccccc6)n5)c5ccccc45)cc3)c21. The van der Waals surface area contributed by atoms with Crippen molar-refractivity contribution in [1.29, 1.82) is 0 Å². The summed E-state index contributed by atoms with van der Waals surface area (Å²) in [5.41, 5.74) is 17.6. The minimum absolute atomic E-state index is 0.0694. The minimum Gasteiger partial charge on any atom is -0.228 e. The van der Waals surface area contributed by atoms with E-state index in [1.54, 1.807) is 0 Å². The number of hydrogen-bond donors (Lipinski definition) is 0. The molecule has 0 saturated carbocycles. The van der Waals surface area contributed by atoms with Gasteiger partial charge in [-0.3, -0.25) is 0 Å². The third-order valence-corrected chi connectivity index (χ3v) is 11.3. The molecule has 2 nitrogen and oxygen atoms in total. The van der Waals surface area contributed by atoms with Crippen LogP contribution in [0.3, 0.4) is 0 Å². The molecule has 0 spiro atoms. The van der Waals surface area contributed by atoms with Gasteiger partial charge in [-0.25, -0.2) is 9.97 Å². The molecule has 0 N–H and O–H groups in total. The summed E-state index contributed by atoms with van der Waals surface area (Å²) in [4.78, 5) is 10.3. The molecule has 1 aliphatic rings. The Kier molecular flexibility index (Phi) is 7.85. The van der Waals surface area contributed by atoms with Gasteiger partial charge in [0.25, 0.3) is 0 Å². The molecule has 0 bridgehead atoms. The van der Waals surface area contributed by atoms with Crippen LogP contribution in [0, 0.1) is 0 Å². The predicted octanol–water partition coefficient (Wildman–Crippen LogP) is 13.9. The average molecular weight is 703 g/mol. The van der Waals surface area contributed by atoms with Crippen LogP contribution in [0.1, 0.15) is 25.0 Å². The highest BCUT2D eigenvalue weighted by Gasteiger charge is 2.37. The van der Waals surface area contributed by atoms with Gasteiger partial charge >= 0.3 is 0 Å². The van der Waals surface area contributed by atoms with Crippen molar-refractivity contribution in [2.45, 2.75) is 19.3 Å². The molecule has 8 aromatic carbocycles. The van der Waals surface area contributed by atoms with Crippen molar-refractivity contribution < 1.29 is 0 Å². The Labute approximate surface area is 322 Å². The van der Waals surface area contributed by atoms with E-state index < -0.39 is 0 Å². The fourth-order valence-corrected chi connectivity index (χ4v) is 8.61. The van der Waals surface area contributed by atoms with Crippen molar-refractivity contribution in [3.05, 3.63) is 205 Å². The molecule has 1 aliphatic carbocycles. The second-order valence-electron chi connectivity index (χ2n) is 15.0. The first-order valence-electron chi connectivity index (χ1n) is 19.0. The largest absolute Gasteiger partial charge is 0.228 e. The number of fused-ring (bicyclic) bond motifs is 4. The molecule has 0 atom stereocenters. The van der Waals surface area contributed by atoms with Crippen LogP contribution in [0.4, 0.5) is 0 Å². The Balaban J connectivity index is 1.05. The van der Waals surface area contributed by atoms with Gasteiger partial charge < -0.3 is 0 Å². The van der Waals surface area contributed by atoms with Gasteiger partial charge in [0.1, 0.15) is 0 Å². The van der Waals surface area contributed by atoms with Crippen molar-refractivity contribution in [2.24, 2.45) is 0 Å². The zero-order valence-corrected chi connectivity index (χ0v) is 30.9. The van der Waals surface area contributed by atoms with Crippen LogP contribution in [-0.2, 0) is 5.41 Å². The van der Waals surface area contributed by atoms with Crippen molar-refractivity contribution in [3.8, 4) is 78.4 Å². The molecule has 0 amide bonds. The van der Waals surface area contributed by atoms with Gasteiger partial charge in [0, 0.05) is 22.1 Å². The highest BCUT2D eigenvalue weighted by atomic mass is 14.9.